The fourth-order valence-corrected chi connectivity index (χ4v) is 1.84. The van der Waals surface area contributed by atoms with Crippen LogP contribution in [0.3, 0.4) is 0 Å². The number of hydrogen-bond donors (Lipinski definition) is 0. The molecule has 16 heavy (non-hydrogen) atoms. The largest absolute Gasteiger partial charge is 0.496 e. The van der Waals surface area contributed by atoms with E-state index in [0.29, 0.717) is 5.92 Å². The lowest BCUT2D eigenvalue weighted by Gasteiger charge is -2.19. The first kappa shape index (κ1) is 12.6. The zero-order valence-corrected chi connectivity index (χ0v) is 10.4. The van der Waals surface area contributed by atoms with E-state index in [0.717, 1.165) is 17.7 Å². The topological polar surface area (TPSA) is 33.0 Å². The standard InChI is InChI=1S/C14H19NO/c1-5-11(3)13(9-15)12-8-10(2)6-7-14(12)16-4/h6-8,11,13H,5H2,1-4H3. The molecule has 0 spiro atoms. The minimum absolute atomic E-state index is 0.0835. The monoisotopic (exact) mass is 217 g/mol. The Hall–Kier alpha value is -1.49. The summed E-state index contributed by atoms with van der Waals surface area (Å²) in [5.74, 6) is 1.08. The third-order valence-corrected chi connectivity index (χ3v) is 3.07. The molecule has 1 aromatic carbocycles. The number of methoxy groups -OCH3 is 1. The molecule has 0 fully saturated rings. The van der Waals surface area contributed by atoms with Crippen LogP contribution >= 0.6 is 0 Å². The van der Waals surface area contributed by atoms with E-state index in [4.69, 9.17) is 4.74 Å². The van der Waals surface area contributed by atoms with E-state index in [1.54, 1.807) is 7.11 Å². The number of ether oxygens (including phenoxy) is 1. The van der Waals surface area contributed by atoms with Gasteiger partial charge in [0.25, 0.3) is 0 Å². The summed E-state index contributed by atoms with van der Waals surface area (Å²) in [6.07, 6.45) is 0.995. The van der Waals surface area contributed by atoms with E-state index in [-0.39, 0.29) is 5.92 Å². The molecule has 2 nitrogen and oxygen atoms in total. The van der Waals surface area contributed by atoms with Crippen molar-refractivity contribution >= 4 is 0 Å². The number of rotatable bonds is 4. The molecule has 0 saturated heterocycles. The fraction of sp³-hybridized carbons (Fsp3) is 0.500. The summed E-state index contributed by atoms with van der Waals surface area (Å²) in [6.45, 7) is 6.25. The molecule has 1 aromatic rings. The highest BCUT2D eigenvalue weighted by Crippen LogP contribution is 2.33. The van der Waals surface area contributed by atoms with E-state index in [1.165, 1.54) is 5.56 Å². The number of hydrogen-bond acceptors (Lipinski definition) is 2. The molecule has 1 rings (SSSR count). The summed E-state index contributed by atoms with van der Waals surface area (Å²) >= 11 is 0. The van der Waals surface area contributed by atoms with Gasteiger partial charge in [-0.05, 0) is 18.9 Å². The highest BCUT2D eigenvalue weighted by molar-refractivity contribution is 5.42. The Kier molecular flexibility index (Phi) is 4.37. The van der Waals surface area contributed by atoms with Crippen molar-refractivity contribution < 1.29 is 4.74 Å². The van der Waals surface area contributed by atoms with E-state index in [2.05, 4.69) is 26.0 Å². The predicted octanol–water partition coefficient (Wildman–Crippen LogP) is 3.66. The summed E-state index contributed by atoms with van der Waals surface area (Å²) in [5.41, 5.74) is 2.18. The molecule has 86 valence electrons. The SMILES string of the molecule is CCC(C)C(C#N)c1cc(C)ccc1OC. The van der Waals surface area contributed by atoms with Gasteiger partial charge in [0.2, 0.25) is 0 Å². The number of benzene rings is 1. The second kappa shape index (κ2) is 5.55. The highest BCUT2D eigenvalue weighted by Gasteiger charge is 2.21. The maximum absolute atomic E-state index is 9.29. The second-order valence-electron chi connectivity index (χ2n) is 4.24. The van der Waals surface area contributed by atoms with Gasteiger partial charge in [-0.15, -0.1) is 0 Å². The van der Waals surface area contributed by atoms with Crippen molar-refractivity contribution in [1.82, 2.24) is 0 Å². The molecule has 0 aliphatic heterocycles. The Labute approximate surface area is 97.9 Å². The zero-order valence-electron chi connectivity index (χ0n) is 10.4. The molecule has 0 heterocycles. The lowest BCUT2D eigenvalue weighted by atomic mass is 9.85. The minimum atomic E-state index is -0.0835. The number of nitriles is 1. The lowest BCUT2D eigenvalue weighted by Crippen LogP contribution is -2.08. The van der Waals surface area contributed by atoms with Crippen molar-refractivity contribution in [1.29, 1.82) is 5.26 Å². The van der Waals surface area contributed by atoms with Crippen LogP contribution in [-0.2, 0) is 0 Å². The van der Waals surface area contributed by atoms with E-state index in [1.807, 2.05) is 19.1 Å². The lowest BCUT2D eigenvalue weighted by molar-refractivity contribution is 0.400. The molecule has 0 aromatic heterocycles. The normalized spacial score (nSPS) is 13.9. The Balaban J connectivity index is 3.18. The van der Waals surface area contributed by atoms with Crippen LogP contribution in [0.25, 0.3) is 0 Å². The van der Waals surface area contributed by atoms with Gasteiger partial charge in [0.1, 0.15) is 5.75 Å². The quantitative estimate of drug-likeness (QED) is 0.771. The van der Waals surface area contributed by atoms with Crippen molar-refractivity contribution in [2.75, 3.05) is 7.11 Å². The molecule has 0 amide bonds. The van der Waals surface area contributed by atoms with Gasteiger partial charge in [-0.25, -0.2) is 0 Å². The first-order valence-electron chi connectivity index (χ1n) is 5.68. The molecule has 0 aliphatic carbocycles. The molecule has 2 heteroatoms. The first-order chi connectivity index (χ1) is 7.63. The van der Waals surface area contributed by atoms with Crippen LogP contribution < -0.4 is 4.74 Å². The van der Waals surface area contributed by atoms with Crippen molar-refractivity contribution in [3.05, 3.63) is 29.3 Å². The van der Waals surface area contributed by atoms with Crippen molar-refractivity contribution in [2.24, 2.45) is 5.92 Å². The number of aryl methyl sites for hydroxylation is 1. The molecule has 2 atom stereocenters. The maximum Gasteiger partial charge on any atom is 0.123 e. The van der Waals surface area contributed by atoms with Crippen LogP contribution in [0.1, 0.15) is 37.3 Å². The van der Waals surface area contributed by atoms with Gasteiger partial charge >= 0.3 is 0 Å². The summed E-state index contributed by atoms with van der Waals surface area (Å²) in [6, 6.07) is 8.39. The second-order valence-corrected chi connectivity index (χ2v) is 4.24. The van der Waals surface area contributed by atoms with Gasteiger partial charge in [0.15, 0.2) is 0 Å². The van der Waals surface area contributed by atoms with Crippen LogP contribution in [0.2, 0.25) is 0 Å². The van der Waals surface area contributed by atoms with Crippen molar-refractivity contribution in [2.45, 2.75) is 33.1 Å². The molecular formula is C14H19NO. The van der Waals surface area contributed by atoms with Crippen molar-refractivity contribution in [3.63, 3.8) is 0 Å². The molecular weight excluding hydrogens is 198 g/mol. The minimum Gasteiger partial charge on any atom is -0.496 e. The maximum atomic E-state index is 9.29. The van der Waals surface area contributed by atoms with Crippen molar-refractivity contribution in [3.8, 4) is 11.8 Å². The highest BCUT2D eigenvalue weighted by atomic mass is 16.5. The Morgan fingerprint density at radius 1 is 1.44 bits per heavy atom. The van der Waals surface area contributed by atoms with Crippen LogP contribution in [0.15, 0.2) is 18.2 Å². The van der Waals surface area contributed by atoms with Crippen LogP contribution in [0, 0.1) is 24.2 Å². The van der Waals surface area contributed by atoms with Gasteiger partial charge in [-0.3, -0.25) is 0 Å². The van der Waals surface area contributed by atoms with Gasteiger partial charge in [-0.1, -0.05) is 38.0 Å². The Morgan fingerprint density at radius 3 is 2.62 bits per heavy atom. The van der Waals surface area contributed by atoms with Crippen LogP contribution in [-0.4, -0.2) is 7.11 Å². The Bertz CT molecular complexity index is 392. The third kappa shape index (κ3) is 2.55. The average Bonchev–Trinajstić information content (AvgIpc) is 2.30. The van der Waals surface area contributed by atoms with Gasteiger partial charge in [0, 0.05) is 5.56 Å². The predicted molar refractivity (Wildman–Crippen MR) is 65.5 cm³/mol. The first-order valence-corrected chi connectivity index (χ1v) is 5.68. The molecule has 2 unspecified atom stereocenters. The van der Waals surface area contributed by atoms with Gasteiger partial charge in [-0.2, -0.15) is 5.26 Å². The summed E-state index contributed by atoms with van der Waals surface area (Å²) in [5, 5.41) is 9.29. The van der Waals surface area contributed by atoms with Crippen LogP contribution in [0.5, 0.6) is 5.75 Å². The number of nitrogens with zero attached hydrogens (tertiary/aromatic N) is 1. The molecule has 0 bridgehead atoms. The van der Waals surface area contributed by atoms with Crippen LogP contribution in [0.4, 0.5) is 0 Å². The molecule has 0 aliphatic rings. The molecule has 0 radical (unpaired) electrons. The molecule has 0 N–H and O–H groups in total. The third-order valence-electron chi connectivity index (χ3n) is 3.07. The van der Waals surface area contributed by atoms with E-state index < -0.39 is 0 Å². The van der Waals surface area contributed by atoms with E-state index in [9.17, 15) is 5.26 Å². The van der Waals surface area contributed by atoms with Gasteiger partial charge < -0.3 is 4.74 Å². The zero-order chi connectivity index (χ0) is 12.1. The summed E-state index contributed by atoms with van der Waals surface area (Å²) < 4.78 is 5.33. The fourth-order valence-electron chi connectivity index (χ4n) is 1.84. The smallest absolute Gasteiger partial charge is 0.123 e. The summed E-state index contributed by atoms with van der Waals surface area (Å²) in [4.78, 5) is 0. The Morgan fingerprint density at radius 2 is 2.12 bits per heavy atom. The summed E-state index contributed by atoms with van der Waals surface area (Å²) in [7, 11) is 1.65. The average molecular weight is 217 g/mol. The van der Waals surface area contributed by atoms with Gasteiger partial charge in [0.05, 0.1) is 19.1 Å². The van der Waals surface area contributed by atoms with E-state index >= 15 is 0 Å². The molecule has 0 saturated carbocycles.